The van der Waals surface area contributed by atoms with E-state index in [1.807, 2.05) is 25.1 Å². The Balaban J connectivity index is 1.88. The summed E-state index contributed by atoms with van der Waals surface area (Å²) in [5, 5.41) is 3.10. The van der Waals surface area contributed by atoms with Crippen LogP contribution in [0.3, 0.4) is 0 Å². The standard InChI is InChI=1S/C26H43NO/c1-3-4-5-6-7-8-9-10-11-12-13-14-15-16-20-23-26(28)27-24(2)25-21-18-17-19-22-25/h10-11,17-19,21-22,24H,3-9,12-16,20,23H2,1-2H3,(H,27,28)/b11-10-/t24-/m0/s1. The topological polar surface area (TPSA) is 29.1 Å². The predicted molar refractivity (Wildman–Crippen MR) is 122 cm³/mol. The zero-order chi connectivity index (χ0) is 20.3. The van der Waals surface area contributed by atoms with Crippen molar-refractivity contribution in [3.8, 4) is 0 Å². The minimum atomic E-state index is 0.0943. The minimum Gasteiger partial charge on any atom is -0.350 e. The van der Waals surface area contributed by atoms with Crippen LogP contribution >= 0.6 is 0 Å². The number of nitrogens with one attached hydrogen (secondary N) is 1. The normalized spacial score (nSPS) is 12.4. The van der Waals surface area contributed by atoms with Crippen LogP contribution in [0.4, 0.5) is 0 Å². The lowest BCUT2D eigenvalue weighted by Crippen LogP contribution is -2.26. The monoisotopic (exact) mass is 385 g/mol. The van der Waals surface area contributed by atoms with Crippen LogP contribution in [0.5, 0.6) is 0 Å². The number of benzene rings is 1. The molecule has 0 aliphatic heterocycles. The van der Waals surface area contributed by atoms with E-state index >= 15 is 0 Å². The van der Waals surface area contributed by atoms with Crippen LogP contribution in [-0.4, -0.2) is 5.91 Å². The lowest BCUT2D eigenvalue weighted by Gasteiger charge is -2.14. The van der Waals surface area contributed by atoms with E-state index in [9.17, 15) is 4.79 Å². The van der Waals surface area contributed by atoms with Gasteiger partial charge in [-0.2, -0.15) is 0 Å². The fourth-order valence-corrected chi connectivity index (χ4v) is 3.49. The quantitative estimate of drug-likeness (QED) is 0.214. The molecule has 0 saturated carbocycles. The molecular formula is C26H43NO. The minimum absolute atomic E-state index is 0.0943. The van der Waals surface area contributed by atoms with E-state index in [0.717, 1.165) is 12.8 Å². The summed E-state index contributed by atoms with van der Waals surface area (Å²) in [6.45, 7) is 4.32. The van der Waals surface area contributed by atoms with Crippen LogP contribution in [0.25, 0.3) is 0 Å². The van der Waals surface area contributed by atoms with Gasteiger partial charge in [-0.3, -0.25) is 4.79 Å². The van der Waals surface area contributed by atoms with Crippen molar-refractivity contribution in [1.82, 2.24) is 5.32 Å². The largest absolute Gasteiger partial charge is 0.350 e. The number of allylic oxidation sites excluding steroid dienone is 2. The number of carbonyl (C=O) groups is 1. The first kappa shape index (κ1) is 24.5. The smallest absolute Gasteiger partial charge is 0.220 e. The third kappa shape index (κ3) is 13.6. The van der Waals surface area contributed by atoms with E-state index < -0.39 is 0 Å². The summed E-state index contributed by atoms with van der Waals surface area (Å²) in [6, 6.07) is 10.3. The second kappa shape index (κ2) is 17.5. The molecule has 1 aromatic rings. The highest BCUT2D eigenvalue weighted by Crippen LogP contribution is 2.13. The van der Waals surface area contributed by atoms with Crippen molar-refractivity contribution in [1.29, 1.82) is 0 Å². The Hall–Kier alpha value is -1.57. The summed E-state index contributed by atoms with van der Waals surface area (Å²) in [5.74, 6) is 0.175. The molecule has 0 unspecified atom stereocenters. The molecule has 0 spiro atoms. The maximum atomic E-state index is 12.0. The lowest BCUT2D eigenvalue weighted by atomic mass is 10.1. The van der Waals surface area contributed by atoms with Crippen LogP contribution in [0.2, 0.25) is 0 Å². The molecule has 0 aliphatic rings. The summed E-state index contributed by atoms with van der Waals surface area (Å²) in [4.78, 5) is 12.0. The molecule has 158 valence electrons. The third-order valence-corrected chi connectivity index (χ3v) is 5.34. The summed E-state index contributed by atoms with van der Waals surface area (Å²) in [5.41, 5.74) is 1.17. The molecule has 1 atom stereocenters. The second-order valence-electron chi connectivity index (χ2n) is 8.03. The number of unbranched alkanes of at least 4 members (excludes halogenated alkanes) is 11. The van der Waals surface area contributed by atoms with E-state index in [1.165, 1.54) is 76.2 Å². The van der Waals surface area contributed by atoms with E-state index in [0.29, 0.717) is 6.42 Å². The molecule has 0 fully saturated rings. The van der Waals surface area contributed by atoms with Crippen LogP contribution in [-0.2, 0) is 4.79 Å². The number of amides is 1. The summed E-state index contributed by atoms with van der Waals surface area (Å²) in [6.07, 6.45) is 22.1. The molecule has 0 heterocycles. The Morgan fingerprint density at radius 3 is 1.96 bits per heavy atom. The molecule has 0 saturated heterocycles. The van der Waals surface area contributed by atoms with Crippen LogP contribution in [0, 0.1) is 0 Å². The van der Waals surface area contributed by atoms with Gasteiger partial charge in [-0.05, 0) is 44.6 Å². The van der Waals surface area contributed by atoms with Gasteiger partial charge in [-0.1, -0.05) is 101 Å². The van der Waals surface area contributed by atoms with Crippen molar-refractivity contribution in [3.05, 3.63) is 48.0 Å². The Kier molecular flexibility index (Phi) is 15.3. The Labute approximate surface area is 174 Å². The Morgan fingerprint density at radius 2 is 1.36 bits per heavy atom. The van der Waals surface area contributed by atoms with Gasteiger partial charge in [0.15, 0.2) is 0 Å². The lowest BCUT2D eigenvalue weighted by molar-refractivity contribution is -0.121. The van der Waals surface area contributed by atoms with Crippen molar-refractivity contribution >= 4 is 5.91 Å². The van der Waals surface area contributed by atoms with E-state index in [2.05, 4.69) is 36.5 Å². The van der Waals surface area contributed by atoms with E-state index in [4.69, 9.17) is 0 Å². The zero-order valence-electron chi connectivity index (χ0n) is 18.4. The average Bonchev–Trinajstić information content (AvgIpc) is 2.71. The van der Waals surface area contributed by atoms with Gasteiger partial charge < -0.3 is 5.32 Å². The number of carbonyl (C=O) groups excluding carboxylic acids is 1. The molecule has 1 amide bonds. The molecule has 28 heavy (non-hydrogen) atoms. The molecule has 1 N–H and O–H groups in total. The predicted octanol–water partition coefficient (Wildman–Crippen LogP) is 7.90. The van der Waals surface area contributed by atoms with Gasteiger partial charge in [0.1, 0.15) is 0 Å². The van der Waals surface area contributed by atoms with Gasteiger partial charge in [0.05, 0.1) is 6.04 Å². The van der Waals surface area contributed by atoms with Crippen LogP contribution in [0.1, 0.15) is 115 Å². The van der Waals surface area contributed by atoms with Crippen molar-refractivity contribution in [2.24, 2.45) is 0 Å². The van der Waals surface area contributed by atoms with Gasteiger partial charge in [0, 0.05) is 6.42 Å². The maximum Gasteiger partial charge on any atom is 0.220 e. The zero-order valence-corrected chi connectivity index (χ0v) is 18.4. The summed E-state index contributed by atoms with van der Waals surface area (Å²) >= 11 is 0. The molecule has 0 bridgehead atoms. The molecule has 1 aromatic carbocycles. The van der Waals surface area contributed by atoms with E-state index in [1.54, 1.807) is 0 Å². The Bertz CT molecular complexity index is 508. The molecular weight excluding hydrogens is 342 g/mol. The SMILES string of the molecule is CCCCCCCC/C=C\CCCCCCCC(=O)N[C@@H](C)c1ccccc1. The highest BCUT2D eigenvalue weighted by Gasteiger charge is 2.08. The van der Waals surface area contributed by atoms with E-state index in [-0.39, 0.29) is 11.9 Å². The highest BCUT2D eigenvalue weighted by molar-refractivity contribution is 5.76. The van der Waals surface area contributed by atoms with Gasteiger partial charge in [0.2, 0.25) is 5.91 Å². The van der Waals surface area contributed by atoms with Crippen LogP contribution in [0.15, 0.2) is 42.5 Å². The first-order chi connectivity index (χ1) is 13.7. The first-order valence-corrected chi connectivity index (χ1v) is 11.7. The summed E-state index contributed by atoms with van der Waals surface area (Å²) in [7, 11) is 0. The fourth-order valence-electron chi connectivity index (χ4n) is 3.49. The van der Waals surface area contributed by atoms with Crippen molar-refractivity contribution in [2.75, 3.05) is 0 Å². The van der Waals surface area contributed by atoms with Gasteiger partial charge in [0.25, 0.3) is 0 Å². The molecule has 1 rings (SSSR count). The van der Waals surface area contributed by atoms with Crippen molar-refractivity contribution in [2.45, 2.75) is 110 Å². The molecule has 0 radical (unpaired) electrons. The maximum absolute atomic E-state index is 12.0. The molecule has 0 aromatic heterocycles. The number of rotatable bonds is 17. The number of hydrogen-bond acceptors (Lipinski definition) is 1. The number of hydrogen-bond donors (Lipinski definition) is 1. The van der Waals surface area contributed by atoms with Gasteiger partial charge in [-0.15, -0.1) is 0 Å². The second-order valence-corrected chi connectivity index (χ2v) is 8.03. The third-order valence-electron chi connectivity index (χ3n) is 5.34. The Morgan fingerprint density at radius 1 is 0.821 bits per heavy atom. The van der Waals surface area contributed by atoms with Crippen molar-refractivity contribution < 1.29 is 4.79 Å². The highest BCUT2D eigenvalue weighted by atomic mass is 16.1. The van der Waals surface area contributed by atoms with Gasteiger partial charge >= 0.3 is 0 Å². The molecule has 0 aliphatic carbocycles. The van der Waals surface area contributed by atoms with Crippen molar-refractivity contribution in [3.63, 3.8) is 0 Å². The molecule has 2 nitrogen and oxygen atoms in total. The first-order valence-electron chi connectivity index (χ1n) is 11.7. The van der Waals surface area contributed by atoms with Gasteiger partial charge in [-0.25, -0.2) is 0 Å². The summed E-state index contributed by atoms with van der Waals surface area (Å²) < 4.78 is 0. The molecule has 2 heteroatoms. The van der Waals surface area contributed by atoms with Crippen LogP contribution < -0.4 is 5.32 Å². The average molecular weight is 386 g/mol. The fraction of sp³-hybridized carbons (Fsp3) is 0.654.